The normalized spacial score (nSPS) is 25.0. The Labute approximate surface area is 147 Å². The third-order valence-electron chi connectivity index (χ3n) is 5.65. The number of benzene rings is 2. The van der Waals surface area contributed by atoms with Gasteiger partial charge in [-0.05, 0) is 73.6 Å². The van der Waals surface area contributed by atoms with E-state index < -0.39 is 0 Å². The van der Waals surface area contributed by atoms with Gasteiger partial charge >= 0.3 is 0 Å². The first-order valence-electron chi connectivity index (χ1n) is 8.88. The van der Waals surface area contributed by atoms with Crippen molar-refractivity contribution in [1.82, 2.24) is 4.90 Å². The van der Waals surface area contributed by atoms with Crippen LogP contribution in [0.1, 0.15) is 47.5 Å². The summed E-state index contributed by atoms with van der Waals surface area (Å²) >= 11 is 0. The molecule has 0 N–H and O–H groups in total. The van der Waals surface area contributed by atoms with Crippen LogP contribution in [0.5, 0.6) is 5.75 Å². The molecule has 130 valence electrons. The van der Waals surface area contributed by atoms with Crippen molar-refractivity contribution < 1.29 is 13.9 Å². The third-order valence-corrected chi connectivity index (χ3v) is 5.65. The molecule has 0 aromatic heterocycles. The molecule has 0 radical (unpaired) electrons. The first-order valence-corrected chi connectivity index (χ1v) is 8.88. The van der Waals surface area contributed by atoms with E-state index in [1.807, 2.05) is 36.4 Å². The largest absolute Gasteiger partial charge is 0.497 e. The van der Waals surface area contributed by atoms with Crippen LogP contribution in [0, 0.1) is 5.82 Å². The van der Waals surface area contributed by atoms with E-state index in [4.69, 9.17) is 4.74 Å². The highest BCUT2D eigenvalue weighted by Gasteiger charge is 2.43. The molecule has 1 unspecified atom stereocenters. The molecule has 2 aromatic rings. The number of carbonyl (C=O) groups is 1. The van der Waals surface area contributed by atoms with Crippen molar-refractivity contribution in [2.24, 2.45) is 0 Å². The van der Waals surface area contributed by atoms with Gasteiger partial charge in [-0.2, -0.15) is 0 Å². The number of piperidine rings is 1. The summed E-state index contributed by atoms with van der Waals surface area (Å²) in [5, 5.41) is 0. The van der Waals surface area contributed by atoms with Gasteiger partial charge in [-0.25, -0.2) is 4.39 Å². The van der Waals surface area contributed by atoms with Crippen molar-refractivity contribution in [3.8, 4) is 5.75 Å². The maximum absolute atomic E-state index is 13.2. The Kier molecular flexibility index (Phi) is 4.20. The lowest BCUT2D eigenvalue weighted by molar-refractivity contribution is 0.0571. The average Bonchev–Trinajstić information content (AvgIpc) is 2.91. The zero-order valence-corrected chi connectivity index (χ0v) is 14.3. The van der Waals surface area contributed by atoms with Crippen molar-refractivity contribution in [2.45, 2.75) is 43.7 Å². The standard InChI is InChI=1S/C21H22FNO2/c1-25-20-10-4-15(5-11-20)21(24)23-18-8-9-19(23)13-16(12-18)14-2-6-17(22)7-3-14/h2-7,10-11,16,18-19H,8-9,12-13H2,1H3/t16?,18-,19+. The molecular weight excluding hydrogens is 317 g/mol. The first-order chi connectivity index (χ1) is 12.2. The number of nitrogens with zero attached hydrogens (tertiary/aromatic N) is 1. The fourth-order valence-electron chi connectivity index (χ4n) is 4.40. The highest BCUT2D eigenvalue weighted by Crippen LogP contribution is 2.43. The quantitative estimate of drug-likeness (QED) is 0.830. The summed E-state index contributed by atoms with van der Waals surface area (Å²) in [6, 6.07) is 14.8. The zero-order valence-electron chi connectivity index (χ0n) is 14.3. The Morgan fingerprint density at radius 1 is 1.00 bits per heavy atom. The van der Waals surface area contributed by atoms with Gasteiger partial charge < -0.3 is 9.64 Å². The monoisotopic (exact) mass is 339 g/mol. The molecule has 2 bridgehead atoms. The molecule has 2 aliphatic rings. The van der Waals surface area contributed by atoms with Gasteiger partial charge in [0.15, 0.2) is 0 Å². The molecule has 0 saturated carbocycles. The smallest absolute Gasteiger partial charge is 0.254 e. The van der Waals surface area contributed by atoms with Gasteiger partial charge in [-0.1, -0.05) is 12.1 Å². The lowest BCUT2D eigenvalue weighted by Crippen LogP contribution is -2.46. The molecule has 25 heavy (non-hydrogen) atoms. The average molecular weight is 339 g/mol. The predicted molar refractivity (Wildman–Crippen MR) is 94.3 cm³/mol. The lowest BCUT2D eigenvalue weighted by Gasteiger charge is -2.39. The van der Waals surface area contributed by atoms with E-state index in [1.165, 1.54) is 17.7 Å². The van der Waals surface area contributed by atoms with Crippen molar-refractivity contribution >= 4 is 5.91 Å². The molecule has 2 saturated heterocycles. The Morgan fingerprint density at radius 3 is 2.16 bits per heavy atom. The number of hydrogen-bond acceptors (Lipinski definition) is 2. The van der Waals surface area contributed by atoms with Crippen molar-refractivity contribution in [3.05, 3.63) is 65.5 Å². The molecule has 3 atom stereocenters. The molecule has 4 heteroatoms. The highest BCUT2D eigenvalue weighted by molar-refractivity contribution is 5.95. The maximum atomic E-state index is 13.2. The van der Waals surface area contributed by atoms with Gasteiger partial charge in [0.05, 0.1) is 7.11 Å². The molecule has 3 nitrogen and oxygen atoms in total. The minimum atomic E-state index is -0.196. The summed E-state index contributed by atoms with van der Waals surface area (Å²) < 4.78 is 18.3. The topological polar surface area (TPSA) is 29.5 Å². The second-order valence-electron chi connectivity index (χ2n) is 7.05. The van der Waals surface area contributed by atoms with Gasteiger partial charge in [0.1, 0.15) is 11.6 Å². The maximum Gasteiger partial charge on any atom is 0.254 e. The SMILES string of the molecule is COc1ccc(C(=O)N2[C@@H]3CC[C@H]2CC(c2ccc(F)cc2)C3)cc1. The van der Waals surface area contributed by atoms with Gasteiger partial charge in [-0.15, -0.1) is 0 Å². The summed E-state index contributed by atoms with van der Waals surface area (Å²) in [6.07, 6.45) is 4.04. The second kappa shape index (κ2) is 6.51. The molecular formula is C21H22FNO2. The van der Waals surface area contributed by atoms with Gasteiger partial charge in [0.2, 0.25) is 0 Å². The number of fused-ring (bicyclic) bond motifs is 2. The summed E-state index contributed by atoms with van der Waals surface area (Å²) in [4.78, 5) is 15.1. The molecule has 2 aliphatic heterocycles. The third kappa shape index (κ3) is 3.01. The number of methoxy groups -OCH3 is 1. The van der Waals surface area contributed by atoms with E-state index >= 15 is 0 Å². The first kappa shape index (κ1) is 16.1. The summed E-state index contributed by atoms with van der Waals surface area (Å²) in [5.41, 5.74) is 1.91. The van der Waals surface area contributed by atoms with Crippen LogP contribution < -0.4 is 4.74 Å². The Balaban J connectivity index is 1.51. The Bertz CT molecular complexity index is 742. The highest BCUT2D eigenvalue weighted by atomic mass is 19.1. The van der Waals surface area contributed by atoms with Crippen LogP contribution >= 0.6 is 0 Å². The fourth-order valence-corrected chi connectivity index (χ4v) is 4.40. The second-order valence-corrected chi connectivity index (χ2v) is 7.05. The van der Waals surface area contributed by atoms with Gasteiger partial charge in [-0.3, -0.25) is 4.79 Å². The van der Waals surface area contributed by atoms with E-state index in [9.17, 15) is 9.18 Å². The minimum Gasteiger partial charge on any atom is -0.497 e. The van der Waals surface area contributed by atoms with Gasteiger partial charge in [0.25, 0.3) is 5.91 Å². The van der Waals surface area contributed by atoms with E-state index in [0.29, 0.717) is 5.92 Å². The Morgan fingerprint density at radius 2 is 1.60 bits per heavy atom. The number of carbonyl (C=O) groups excluding carboxylic acids is 1. The molecule has 0 aliphatic carbocycles. The molecule has 0 spiro atoms. The van der Waals surface area contributed by atoms with Crippen LogP contribution in [0.15, 0.2) is 48.5 Å². The van der Waals surface area contributed by atoms with Crippen LogP contribution in [0.4, 0.5) is 4.39 Å². The number of hydrogen-bond donors (Lipinski definition) is 0. The number of ether oxygens (including phenoxy) is 1. The van der Waals surface area contributed by atoms with Crippen LogP contribution in [-0.2, 0) is 0 Å². The molecule has 4 rings (SSSR count). The van der Waals surface area contributed by atoms with E-state index in [2.05, 4.69) is 4.90 Å². The molecule has 2 aromatic carbocycles. The van der Waals surface area contributed by atoms with Crippen LogP contribution in [0.2, 0.25) is 0 Å². The summed E-state index contributed by atoms with van der Waals surface area (Å²) in [7, 11) is 1.62. The predicted octanol–water partition coefficient (Wildman–Crippen LogP) is 4.39. The number of halogens is 1. The lowest BCUT2D eigenvalue weighted by atomic mass is 9.85. The molecule has 2 heterocycles. The molecule has 2 fully saturated rings. The fraction of sp³-hybridized carbons (Fsp3) is 0.381. The van der Waals surface area contributed by atoms with Crippen LogP contribution in [0.3, 0.4) is 0 Å². The summed E-state index contributed by atoms with van der Waals surface area (Å²) in [5.74, 6) is 1.10. The number of amides is 1. The van der Waals surface area contributed by atoms with E-state index in [0.717, 1.165) is 37.0 Å². The summed E-state index contributed by atoms with van der Waals surface area (Å²) in [6.45, 7) is 0. The minimum absolute atomic E-state index is 0.118. The van der Waals surface area contributed by atoms with Gasteiger partial charge in [0, 0.05) is 17.6 Å². The Hall–Kier alpha value is -2.36. The molecule has 1 amide bonds. The van der Waals surface area contributed by atoms with Crippen LogP contribution in [-0.4, -0.2) is 30.0 Å². The van der Waals surface area contributed by atoms with Crippen molar-refractivity contribution in [3.63, 3.8) is 0 Å². The number of rotatable bonds is 3. The van der Waals surface area contributed by atoms with E-state index in [-0.39, 0.29) is 23.8 Å². The van der Waals surface area contributed by atoms with Crippen molar-refractivity contribution in [2.75, 3.05) is 7.11 Å². The van der Waals surface area contributed by atoms with E-state index in [1.54, 1.807) is 7.11 Å². The zero-order chi connectivity index (χ0) is 17.4. The van der Waals surface area contributed by atoms with Crippen LogP contribution in [0.25, 0.3) is 0 Å². The van der Waals surface area contributed by atoms with Crippen molar-refractivity contribution in [1.29, 1.82) is 0 Å².